The Bertz CT molecular complexity index is 1310. The van der Waals surface area contributed by atoms with Gasteiger partial charge in [-0.3, -0.25) is 14.4 Å². The van der Waals surface area contributed by atoms with E-state index in [9.17, 15) is 19.2 Å². The van der Waals surface area contributed by atoms with Gasteiger partial charge in [0.2, 0.25) is 17.4 Å². The molecule has 3 atom stereocenters. The minimum Gasteiger partial charge on any atom is -0.493 e. The van der Waals surface area contributed by atoms with E-state index in [-0.39, 0.29) is 30.9 Å². The van der Waals surface area contributed by atoms with E-state index in [0.717, 1.165) is 23.3 Å². The molecule has 1 spiro atoms. The Morgan fingerprint density at radius 3 is 2.50 bits per heavy atom. The van der Waals surface area contributed by atoms with Crippen molar-refractivity contribution in [3.05, 3.63) is 59.7 Å². The third-order valence-corrected chi connectivity index (χ3v) is 8.10. The molecule has 10 heteroatoms. The molecule has 2 fully saturated rings. The number of hydrogen-bond donors (Lipinski definition) is 2. The maximum Gasteiger partial charge on any atom is 0.418 e. The van der Waals surface area contributed by atoms with Gasteiger partial charge in [-0.15, -0.1) is 0 Å². The second-order valence-electron chi connectivity index (χ2n) is 11.2. The van der Waals surface area contributed by atoms with Crippen LogP contribution in [-0.2, 0) is 31.3 Å². The van der Waals surface area contributed by atoms with Gasteiger partial charge in [-0.05, 0) is 49.3 Å². The first-order chi connectivity index (χ1) is 19.1. The molecule has 1 saturated heterocycles. The van der Waals surface area contributed by atoms with Crippen molar-refractivity contribution < 1.29 is 28.7 Å². The van der Waals surface area contributed by atoms with E-state index in [4.69, 9.17) is 15.2 Å². The first kappa shape index (κ1) is 27.5. The average molecular weight is 549 g/mol. The lowest BCUT2D eigenvalue weighted by molar-refractivity contribution is -0.144. The summed E-state index contributed by atoms with van der Waals surface area (Å²) in [6.45, 7) is 5.92. The van der Waals surface area contributed by atoms with Crippen molar-refractivity contribution in [1.82, 2.24) is 9.80 Å². The second-order valence-corrected chi connectivity index (χ2v) is 11.2. The number of nitrogens with one attached hydrogen (secondary N) is 1. The summed E-state index contributed by atoms with van der Waals surface area (Å²) in [5.41, 5.74) is 5.94. The molecule has 1 saturated carbocycles. The zero-order valence-corrected chi connectivity index (χ0v) is 23.1. The maximum atomic E-state index is 13.8. The lowest BCUT2D eigenvalue weighted by Gasteiger charge is -2.33. The van der Waals surface area contributed by atoms with Crippen LogP contribution in [0.15, 0.2) is 48.5 Å². The van der Waals surface area contributed by atoms with E-state index < -0.39 is 36.1 Å². The molecular formula is C30H36N4O6. The van der Waals surface area contributed by atoms with Gasteiger partial charge in [0.25, 0.3) is 5.91 Å². The summed E-state index contributed by atoms with van der Waals surface area (Å²) in [7, 11) is 0. The number of imide groups is 1. The van der Waals surface area contributed by atoms with E-state index in [1.807, 2.05) is 51.1 Å². The van der Waals surface area contributed by atoms with Crippen LogP contribution < -0.4 is 15.8 Å². The number of amides is 4. The second kappa shape index (κ2) is 10.8. The highest BCUT2D eigenvalue weighted by Gasteiger charge is 2.58. The highest BCUT2D eigenvalue weighted by Crippen LogP contribution is 2.46. The van der Waals surface area contributed by atoms with Crippen LogP contribution in [0.3, 0.4) is 0 Å². The highest BCUT2D eigenvalue weighted by atomic mass is 16.6. The molecule has 0 aromatic heterocycles. The van der Waals surface area contributed by atoms with Gasteiger partial charge < -0.3 is 25.4 Å². The first-order valence-corrected chi connectivity index (χ1v) is 13.8. The van der Waals surface area contributed by atoms with Crippen molar-refractivity contribution in [3.8, 4) is 5.75 Å². The quantitative estimate of drug-likeness (QED) is 0.465. The van der Waals surface area contributed by atoms with Gasteiger partial charge in [0.15, 0.2) is 0 Å². The Kier molecular flexibility index (Phi) is 7.44. The molecule has 5 rings (SSSR count). The molecule has 3 aliphatic rings. The summed E-state index contributed by atoms with van der Waals surface area (Å²) < 4.78 is 11.6. The zero-order valence-electron chi connectivity index (χ0n) is 23.1. The summed E-state index contributed by atoms with van der Waals surface area (Å²) in [4.78, 5) is 55.0. The van der Waals surface area contributed by atoms with E-state index in [1.165, 1.54) is 0 Å². The van der Waals surface area contributed by atoms with Crippen LogP contribution in [0.2, 0.25) is 0 Å². The third-order valence-electron chi connectivity index (χ3n) is 8.10. The number of primary amides is 1. The molecule has 40 heavy (non-hydrogen) atoms. The van der Waals surface area contributed by atoms with Gasteiger partial charge in [-0.2, -0.15) is 0 Å². The molecule has 2 aromatic rings. The predicted octanol–water partition coefficient (Wildman–Crippen LogP) is 3.39. The van der Waals surface area contributed by atoms with Crippen LogP contribution in [-0.4, -0.2) is 58.8 Å². The van der Waals surface area contributed by atoms with E-state index in [2.05, 4.69) is 5.32 Å². The van der Waals surface area contributed by atoms with Crippen LogP contribution in [0.5, 0.6) is 5.75 Å². The molecule has 2 aromatic carbocycles. The van der Waals surface area contributed by atoms with E-state index in [0.29, 0.717) is 29.5 Å². The predicted molar refractivity (Wildman–Crippen MR) is 147 cm³/mol. The summed E-state index contributed by atoms with van der Waals surface area (Å²) in [5.74, 6) is -0.632. The summed E-state index contributed by atoms with van der Waals surface area (Å²) in [5, 5.41) is 3.11. The molecule has 0 radical (unpaired) electrons. The standard InChI is InChI=1S/C30H36N4O6/c1-18(2)26(27(31)36)32-22-11-12-23-24(15-22)39-14-13-30(23)28(37)34(29(38)40-30)17-25(35)33(19(3)21-9-10-21)16-20-7-5-4-6-8-20/h4-8,11-12,15,18-19,21,26,32H,9-10,13-14,16-17H2,1-3H3,(H2,31,36)/t19-,26+,30?/m0/s1. The maximum absolute atomic E-state index is 13.8. The first-order valence-electron chi connectivity index (χ1n) is 13.8. The van der Waals surface area contributed by atoms with Crippen molar-refractivity contribution >= 4 is 29.5 Å². The van der Waals surface area contributed by atoms with Crippen molar-refractivity contribution in [2.45, 2.75) is 64.3 Å². The van der Waals surface area contributed by atoms with Crippen molar-refractivity contribution in [2.75, 3.05) is 18.5 Å². The number of fused-ring (bicyclic) bond motifs is 2. The van der Waals surface area contributed by atoms with Crippen molar-refractivity contribution in [3.63, 3.8) is 0 Å². The molecule has 3 N–H and O–H groups in total. The number of carbonyl (C=O) groups excluding carboxylic acids is 4. The highest BCUT2D eigenvalue weighted by molar-refractivity contribution is 6.06. The fourth-order valence-electron chi connectivity index (χ4n) is 5.56. The van der Waals surface area contributed by atoms with Crippen molar-refractivity contribution in [1.29, 1.82) is 0 Å². The lowest BCUT2D eigenvalue weighted by atomic mass is 9.87. The van der Waals surface area contributed by atoms with Gasteiger partial charge in [0.1, 0.15) is 18.3 Å². The number of ether oxygens (including phenoxy) is 2. The number of benzene rings is 2. The molecule has 1 aliphatic carbocycles. The minimum atomic E-state index is -1.57. The normalized spacial score (nSPS) is 21.4. The van der Waals surface area contributed by atoms with Gasteiger partial charge >= 0.3 is 6.09 Å². The Morgan fingerprint density at radius 1 is 1.12 bits per heavy atom. The number of nitrogens with two attached hydrogens (primary N) is 1. The molecular weight excluding hydrogens is 512 g/mol. The molecule has 1 unspecified atom stereocenters. The van der Waals surface area contributed by atoms with Crippen LogP contribution >= 0.6 is 0 Å². The molecule has 212 valence electrons. The van der Waals surface area contributed by atoms with Crippen LogP contribution in [0, 0.1) is 11.8 Å². The monoisotopic (exact) mass is 548 g/mol. The summed E-state index contributed by atoms with van der Waals surface area (Å²) in [6.07, 6.45) is 1.39. The lowest BCUT2D eigenvalue weighted by Crippen LogP contribution is -2.48. The van der Waals surface area contributed by atoms with Crippen molar-refractivity contribution in [2.24, 2.45) is 17.6 Å². The number of nitrogens with zero attached hydrogens (tertiary/aromatic N) is 2. The smallest absolute Gasteiger partial charge is 0.418 e. The third kappa shape index (κ3) is 5.22. The van der Waals surface area contributed by atoms with Crippen LogP contribution in [0.4, 0.5) is 10.5 Å². The average Bonchev–Trinajstić information content (AvgIpc) is 3.75. The van der Waals surface area contributed by atoms with E-state index >= 15 is 0 Å². The summed E-state index contributed by atoms with van der Waals surface area (Å²) in [6, 6.07) is 14.1. The molecule has 0 bridgehead atoms. The molecule has 2 heterocycles. The fraction of sp³-hybridized carbons (Fsp3) is 0.467. The number of carbonyl (C=O) groups is 4. The summed E-state index contributed by atoms with van der Waals surface area (Å²) >= 11 is 0. The number of hydrogen-bond acceptors (Lipinski definition) is 7. The number of anilines is 1. The Labute approximate surface area is 233 Å². The SMILES string of the molecule is CC(C)[C@@H](Nc1ccc2c(c1)OCCC21OC(=O)N(CC(=O)N(Cc2ccccc2)[C@@H](C)C2CC2)C1=O)C(N)=O. The van der Waals surface area contributed by atoms with Gasteiger partial charge in [0.05, 0.1) is 6.61 Å². The van der Waals surface area contributed by atoms with Gasteiger partial charge in [-0.1, -0.05) is 44.2 Å². The van der Waals surface area contributed by atoms with E-state index in [1.54, 1.807) is 23.1 Å². The minimum absolute atomic E-state index is 0.0137. The molecule has 4 amide bonds. The van der Waals surface area contributed by atoms with Crippen LogP contribution in [0.25, 0.3) is 0 Å². The largest absolute Gasteiger partial charge is 0.493 e. The Hall–Kier alpha value is -4.08. The fourth-order valence-corrected chi connectivity index (χ4v) is 5.56. The molecule has 2 aliphatic heterocycles. The number of rotatable bonds is 10. The van der Waals surface area contributed by atoms with Gasteiger partial charge in [0, 0.05) is 36.3 Å². The Balaban J connectivity index is 1.36. The van der Waals surface area contributed by atoms with Gasteiger partial charge in [-0.25, -0.2) is 9.69 Å². The Morgan fingerprint density at radius 2 is 1.85 bits per heavy atom. The molecule has 10 nitrogen and oxygen atoms in total. The topological polar surface area (TPSA) is 131 Å². The van der Waals surface area contributed by atoms with Crippen LogP contribution in [0.1, 0.15) is 51.2 Å². The zero-order chi connectivity index (χ0) is 28.6.